The molecule has 0 unspecified atom stereocenters. The van der Waals surface area contributed by atoms with E-state index in [0.29, 0.717) is 17.0 Å². The maximum atomic E-state index is 11.8. The van der Waals surface area contributed by atoms with E-state index in [1.165, 1.54) is 0 Å². The van der Waals surface area contributed by atoms with Crippen LogP contribution < -0.4 is 5.32 Å². The predicted molar refractivity (Wildman–Crippen MR) is 58.7 cm³/mol. The van der Waals surface area contributed by atoms with Gasteiger partial charge in [-0.2, -0.15) is 5.10 Å². The standard InChI is InChI=1S/C10H15N3O4/c1-5-8(6(2)13-12-5)9(15)11-7(3-4-14)10(16)17/h7,14H,3-4H2,1-2H3,(H,11,15)(H,12,13)(H,16,17)/t7-/m1/s1. The van der Waals surface area contributed by atoms with E-state index >= 15 is 0 Å². The van der Waals surface area contributed by atoms with Gasteiger partial charge in [0.2, 0.25) is 0 Å². The number of carbonyl (C=O) groups excluding carboxylic acids is 1. The maximum absolute atomic E-state index is 11.8. The minimum Gasteiger partial charge on any atom is -0.480 e. The number of hydrogen-bond donors (Lipinski definition) is 4. The van der Waals surface area contributed by atoms with Gasteiger partial charge < -0.3 is 15.5 Å². The van der Waals surface area contributed by atoms with E-state index in [0.717, 1.165) is 0 Å². The molecule has 1 aromatic rings. The van der Waals surface area contributed by atoms with Gasteiger partial charge in [0.25, 0.3) is 5.91 Å². The van der Waals surface area contributed by atoms with Crippen molar-refractivity contribution in [3.05, 3.63) is 17.0 Å². The third-order valence-electron chi connectivity index (χ3n) is 2.38. The molecular weight excluding hydrogens is 226 g/mol. The summed E-state index contributed by atoms with van der Waals surface area (Å²) in [6.45, 7) is 3.03. The monoisotopic (exact) mass is 241 g/mol. The number of carboxylic acids is 1. The summed E-state index contributed by atoms with van der Waals surface area (Å²) in [4.78, 5) is 22.6. The Balaban J connectivity index is 2.81. The van der Waals surface area contributed by atoms with E-state index in [4.69, 9.17) is 10.2 Å². The molecule has 1 heterocycles. The number of carbonyl (C=O) groups is 2. The van der Waals surface area contributed by atoms with Crippen molar-refractivity contribution >= 4 is 11.9 Å². The average molecular weight is 241 g/mol. The Morgan fingerprint density at radius 2 is 2.12 bits per heavy atom. The summed E-state index contributed by atoms with van der Waals surface area (Å²) in [5.74, 6) is -1.68. The molecule has 1 atom stereocenters. The van der Waals surface area contributed by atoms with Crippen molar-refractivity contribution in [3.8, 4) is 0 Å². The zero-order valence-corrected chi connectivity index (χ0v) is 9.65. The molecule has 0 bridgehead atoms. The number of aromatic amines is 1. The number of aliphatic hydroxyl groups is 1. The maximum Gasteiger partial charge on any atom is 0.326 e. The number of hydrogen-bond acceptors (Lipinski definition) is 4. The molecule has 0 aliphatic heterocycles. The van der Waals surface area contributed by atoms with Crippen LogP contribution in [0.3, 0.4) is 0 Å². The average Bonchev–Trinajstić information content (AvgIpc) is 2.57. The van der Waals surface area contributed by atoms with Gasteiger partial charge in [0, 0.05) is 18.7 Å². The van der Waals surface area contributed by atoms with Gasteiger partial charge in [-0.25, -0.2) is 4.79 Å². The largest absolute Gasteiger partial charge is 0.480 e. The second-order valence-corrected chi connectivity index (χ2v) is 3.69. The molecule has 0 spiro atoms. The zero-order chi connectivity index (χ0) is 13.0. The van der Waals surface area contributed by atoms with Crippen LogP contribution >= 0.6 is 0 Å². The molecule has 1 aromatic heterocycles. The molecule has 1 rings (SSSR count). The van der Waals surface area contributed by atoms with Crippen molar-refractivity contribution in [2.75, 3.05) is 6.61 Å². The van der Waals surface area contributed by atoms with Crippen molar-refractivity contribution in [1.29, 1.82) is 0 Å². The van der Waals surface area contributed by atoms with Crippen LogP contribution in [0.4, 0.5) is 0 Å². The topological polar surface area (TPSA) is 115 Å². The lowest BCUT2D eigenvalue weighted by atomic mass is 10.1. The van der Waals surface area contributed by atoms with E-state index in [1.54, 1.807) is 13.8 Å². The van der Waals surface area contributed by atoms with E-state index in [9.17, 15) is 9.59 Å². The highest BCUT2D eigenvalue weighted by Gasteiger charge is 2.22. The number of aryl methyl sites for hydroxylation is 2. The lowest BCUT2D eigenvalue weighted by molar-refractivity contribution is -0.139. The predicted octanol–water partition coefficient (Wildman–Crippen LogP) is -0.408. The summed E-state index contributed by atoms with van der Waals surface area (Å²) in [6.07, 6.45) is -0.0307. The van der Waals surface area contributed by atoms with Crippen molar-refractivity contribution in [2.24, 2.45) is 0 Å². The summed E-state index contributed by atoms with van der Waals surface area (Å²) in [5.41, 5.74) is 1.43. The summed E-state index contributed by atoms with van der Waals surface area (Å²) in [7, 11) is 0. The van der Waals surface area contributed by atoms with Crippen LogP contribution in [0, 0.1) is 13.8 Å². The van der Waals surface area contributed by atoms with Crippen LogP contribution in [-0.4, -0.2) is 44.9 Å². The van der Waals surface area contributed by atoms with Crippen LogP contribution in [0.25, 0.3) is 0 Å². The first-order valence-corrected chi connectivity index (χ1v) is 5.13. The Morgan fingerprint density at radius 3 is 2.53 bits per heavy atom. The van der Waals surface area contributed by atoms with Gasteiger partial charge in [0.15, 0.2) is 0 Å². The molecule has 7 nitrogen and oxygen atoms in total. The Kier molecular flexibility index (Phi) is 4.22. The molecule has 7 heteroatoms. The van der Waals surface area contributed by atoms with Gasteiger partial charge in [-0.05, 0) is 13.8 Å². The van der Waals surface area contributed by atoms with Gasteiger partial charge in [0.05, 0.1) is 11.3 Å². The van der Waals surface area contributed by atoms with Gasteiger partial charge >= 0.3 is 5.97 Å². The van der Waals surface area contributed by atoms with Crippen molar-refractivity contribution in [1.82, 2.24) is 15.5 Å². The van der Waals surface area contributed by atoms with E-state index in [-0.39, 0.29) is 13.0 Å². The highest BCUT2D eigenvalue weighted by molar-refractivity contribution is 5.98. The number of nitrogens with one attached hydrogen (secondary N) is 2. The fraction of sp³-hybridized carbons (Fsp3) is 0.500. The number of rotatable bonds is 5. The summed E-state index contributed by atoms with van der Waals surface area (Å²) in [6, 6.07) is -1.10. The Labute approximate surface area is 97.8 Å². The minimum atomic E-state index is -1.17. The van der Waals surface area contributed by atoms with Crippen LogP contribution in [0.1, 0.15) is 28.2 Å². The third-order valence-corrected chi connectivity index (χ3v) is 2.38. The van der Waals surface area contributed by atoms with E-state index < -0.39 is 17.9 Å². The second-order valence-electron chi connectivity index (χ2n) is 3.69. The SMILES string of the molecule is Cc1n[nH]c(C)c1C(=O)N[C@H](CCO)C(=O)O. The Bertz CT molecular complexity index is 408. The summed E-state index contributed by atoms with van der Waals surface area (Å²) >= 11 is 0. The number of aliphatic hydroxyl groups excluding tert-OH is 1. The molecular formula is C10H15N3O4. The van der Waals surface area contributed by atoms with Gasteiger partial charge in [-0.1, -0.05) is 0 Å². The van der Waals surface area contributed by atoms with E-state index in [1.807, 2.05) is 0 Å². The second kappa shape index (κ2) is 5.44. The lowest BCUT2D eigenvalue weighted by Crippen LogP contribution is -2.41. The molecule has 17 heavy (non-hydrogen) atoms. The summed E-state index contributed by atoms with van der Waals surface area (Å²) < 4.78 is 0. The molecule has 0 radical (unpaired) electrons. The van der Waals surface area contributed by atoms with Crippen LogP contribution in [0.5, 0.6) is 0 Å². The number of aromatic nitrogens is 2. The number of aliphatic carboxylic acids is 1. The minimum absolute atomic E-state index is 0.0307. The van der Waals surface area contributed by atoms with Crippen molar-refractivity contribution < 1.29 is 19.8 Å². The van der Waals surface area contributed by atoms with Crippen molar-refractivity contribution in [2.45, 2.75) is 26.3 Å². The fourth-order valence-corrected chi connectivity index (χ4v) is 1.50. The smallest absolute Gasteiger partial charge is 0.326 e. The quantitative estimate of drug-likeness (QED) is 0.559. The first-order chi connectivity index (χ1) is 7.97. The molecule has 0 aromatic carbocycles. The fourth-order valence-electron chi connectivity index (χ4n) is 1.50. The number of nitrogens with zero attached hydrogens (tertiary/aromatic N) is 1. The highest BCUT2D eigenvalue weighted by Crippen LogP contribution is 2.09. The molecule has 94 valence electrons. The number of carboxylic acid groups (broad SMARTS) is 1. The van der Waals surface area contributed by atoms with Gasteiger partial charge in [-0.3, -0.25) is 9.89 Å². The lowest BCUT2D eigenvalue weighted by Gasteiger charge is -2.13. The van der Waals surface area contributed by atoms with Crippen LogP contribution in [-0.2, 0) is 4.79 Å². The molecule has 4 N–H and O–H groups in total. The van der Waals surface area contributed by atoms with Crippen molar-refractivity contribution in [3.63, 3.8) is 0 Å². The third kappa shape index (κ3) is 3.04. The molecule has 0 aliphatic carbocycles. The van der Waals surface area contributed by atoms with Crippen LogP contribution in [0.15, 0.2) is 0 Å². The number of amides is 1. The first-order valence-electron chi connectivity index (χ1n) is 5.13. The Morgan fingerprint density at radius 1 is 1.47 bits per heavy atom. The molecule has 0 fully saturated rings. The van der Waals surface area contributed by atoms with Crippen LogP contribution in [0.2, 0.25) is 0 Å². The summed E-state index contributed by atoms with van der Waals surface area (Å²) in [5, 5.41) is 26.4. The van der Waals surface area contributed by atoms with Gasteiger partial charge in [-0.15, -0.1) is 0 Å². The molecule has 1 amide bonds. The first kappa shape index (κ1) is 13.2. The van der Waals surface area contributed by atoms with E-state index in [2.05, 4.69) is 15.5 Å². The normalized spacial score (nSPS) is 12.2. The zero-order valence-electron chi connectivity index (χ0n) is 9.65. The van der Waals surface area contributed by atoms with Gasteiger partial charge in [0.1, 0.15) is 6.04 Å². The molecule has 0 saturated heterocycles. The Hall–Kier alpha value is -1.89. The highest BCUT2D eigenvalue weighted by atomic mass is 16.4. The molecule has 0 saturated carbocycles. The number of H-pyrrole nitrogens is 1. The molecule has 0 aliphatic rings.